The Morgan fingerprint density at radius 1 is 1.37 bits per heavy atom. The lowest BCUT2D eigenvalue weighted by molar-refractivity contribution is 0.0753. The van der Waals surface area contributed by atoms with Crippen molar-refractivity contribution in [3.05, 3.63) is 23.8 Å². The summed E-state index contributed by atoms with van der Waals surface area (Å²) in [5, 5.41) is 0.951. The maximum Gasteiger partial charge on any atom is 0.254 e. The highest BCUT2D eigenvalue weighted by molar-refractivity contribution is 8.00. The number of nitrogen functional groups attached to an aromatic ring is 1. The molecule has 2 rings (SSSR count). The van der Waals surface area contributed by atoms with Crippen molar-refractivity contribution in [2.75, 3.05) is 25.9 Å². The zero-order valence-electron chi connectivity index (χ0n) is 11.6. The van der Waals surface area contributed by atoms with Crippen molar-refractivity contribution in [2.45, 2.75) is 24.3 Å². The number of anilines is 1. The molecule has 19 heavy (non-hydrogen) atoms. The first-order valence-electron chi connectivity index (χ1n) is 6.39. The summed E-state index contributed by atoms with van der Waals surface area (Å²) in [6.07, 6.45) is 0. The molecule has 1 saturated heterocycles. The number of thioether (sulfide) groups is 1. The summed E-state index contributed by atoms with van der Waals surface area (Å²) in [4.78, 5) is 14.4. The molecule has 104 valence electrons. The van der Waals surface area contributed by atoms with Crippen LogP contribution in [-0.4, -0.2) is 41.5 Å². The summed E-state index contributed by atoms with van der Waals surface area (Å²) in [7, 11) is 1.56. The topological polar surface area (TPSA) is 55.6 Å². The zero-order chi connectivity index (χ0) is 14.0. The van der Waals surface area contributed by atoms with Gasteiger partial charge in [-0.2, -0.15) is 11.8 Å². The van der Waals surface area contributed by atoms with Crippen molar-refractivity contribution in [3.63, 3.8) is 0 Å². The largest absolute Gasteiger partial charge is 0.495 e. The average molecular weight is 280 g/mol. The molecule has 1 aliphatic rings. The van der Waals surface area contributed by atoms with Crippen molar-refractivity contribution >= 4 is 23.4 Å². The number of ether oxygens (including phenoxy) is 1. The van der Waals surface area contributed by atoms with Crippen LogP contribution in [0.25, 0.3) is 0 Å². The molecule has 1 aromatic rings. The summed E-state index contributed by atoms with van der Waals surface area (Å²) < 4.78 is 5.17. The lowest BCUT2D eigenvalue weighted by Gasteiger charge is -2.34. The molecule has 2 unspecified atom stereocenters. The van der Waals surface area contributed by atoms with Crippen molar-refractivity contribution in [1.82, 2.24) is 4.90 Å². The second kappa shape index (κ2) is 5.74. The third kappa shape index (κ3) is 3.15. The minimum atomic E-state index is 0.0531. The normalized spacial score (nSPS) is 23.2. The third-order valence-electron chi connectivity index (χ3n) is 3.19. The summed E-state index contributed by atoms with van der Waals surface area (Å²) in [5.74, 6) is 0.607. The van der Waals surface area contributed by atoms with Gasteiger partial charge in [0.05, 0.1) is 12.8 Å². The van der Waals surface area contributed by atoms with Crippen LogP contribution >= 0.6 is 11.8 Å². The van der Waals surface area contributed by atoms with E-state index < -0.39 is 0 Å². The minimum absolute atomic E-state index is 0.0531. The van der Waals surface area contributed by atoms with Crippen LogP contribution in [0.15, 0.2) is 18.2 Å². The van der Waals surface area contributed by atoms with E-state index in [1.165, 1.54) is 0 Å². The Morgan fingerprint density at radius 2 is 2.00 bits per heavy atom. The maximum absolute atomic E-state index is 12.5. The fraction of sp³-hybridized carbons (Fsp3) is 0.500. The lowest BCUT2D eigenvalue weighted by Crippen LogP contribution is -2.44. The number of rotatable bonds is 2. The summed E-state index contributed by atoms with van der Waals surface area (Å²) >= 11 is 1.93. The molecule has 1 amide bonds. The van der Waals surface area contributed by atoms with Crippen molar-refractivity contribution in [1.29, 1.82) is 0 Å². The van der Waals surface area contributed by atoms with E-state index in [0.717, 1.165) is 13.1 Å². The number of nitrogens with zero attached hydrogens (tertiary/aromatic N) is 1. The van der Waals surface area contributed by atoms with Crippen LogP contribution in [-0.2, 0) is 0 Å². The zero-order valence-corrected chi connectivity index (χ0v) is 12.4. The number of carbonyl (C=O) groups is 1. The van der Waals surface area contributed by atoms with Gasteiger partial charge in [-0.25, -0.2) is 0 Å². The van der Waals surface area contributed by atoms with Crippen LogP contribution in [0.3, 0.4) is 0 Å². The minimum Gasteiger partial charge on any atom is -0.495 e. The molecule has 1 aromatic carbocycles. The Balaban J connectivity index is 2.19. The number of carbonyl (C=O) groups excluding carboxylic acids is 1. The van der Waals surface area contributed by atoms with Crippen LogP contribution in [0.5, 0.6) is 5.75 Å². The predicted molar refractivity (Wildman–Crippen MR) is 79.8 cm³/mol. The number of benzene rings is 1. The van der Waals surface area contributed by atoms with Crippen LogP contribution in [0.2, 0.25) is 0 Å². The summed E-state index contributed by atoms with van der Waals surface area (Å²) in [6, 6.07) is 5.20. The number of hydrogen-bond acceptors (Lipinski definition) is 4. The second-order valence-electron chi connectivity index (χ2n) is 4.92. The molecule has 2 atom stereocenters. The molecule has 1 heterocycles. The fourth-order valence-corrected chi connectivity index (χ4v) is 3.70. The fourth-order valence-electron chi connectivity index (χ4n) is 2.37. The molecule has 2 N–H and O–H groups in total. The van der Waals surface area contributed by atoms with Gasteiger partial charge in [0.25, 0.3) is 5.91 Å². The highest BCUT2D eigenvalue weighted by Crippen LogP contribution is 2.27. The van der Waals surface area contributed by atoms with Gasteiger partial charge in [-0.1, -0.05) is 13.8 Å². The SMILES string of the molecule is COc1cc(C(=O)N2CC(C)SC(C)C2)ccc1N. The van der Waals surface area contributed by atoms with Gasteiger partial charge in [0, 0.05) is 29.2 Å². The maximum atomic E-state index is 12.5. The molecule has 0 bridgehead atoms. The average Bonchev–Trinajstić information content (AvgIpc) is 2.37. The van der Waals surface area contributed by atoms with Gasteiger partial charge in [0.2, 0.25) is 0 Å². The number of hydrogen-bond donors (Lipinski definition) is 1. The van der Waals surface area contributed by atoms with E-state index >= 15 is 0 Å². The predicted octanol–water partition coefficient (Wildman–Crippen LogP) is 2.24. The quantitative estimate of drug-likeness (QED) is 0.844. The first kappa shape index (κ1) is 14.1. The highest BCUT2D eigenvalue weighted by atomic mass is 32.2. The van der Waals surface area contributed by atoms with Gasteiger partial charge in [0.1, 0.15) is 5.75 Å². The van der Waals surface area contributed by atoms with Crippen molar-refractivity contribution in [3.8, 4) is 5.75 Å². The molecular formula is C14H20N2O2S. The van der Waals surface area contributed by atoms with Crippen LogP contribution in [0.4, 0.5) is 5.69 Å². The second-order valence-corrected chi connectivity index (χ2v) is 6.81. The van der Waals surface area contributed by atoms with E-state index in [4.69, 9.17) is 10.5 Å². The molecule has 0 saturated carbocycles. The Bertz CT molecular complexity index is 469. The molecule has 0 aliphatic carbocycles. The lowest BCUT2D eigenvalue weighted by atomic mass is 10.1. The van der Waals surface area contributed by atoms with Gasteiger partial charge in [-0.05, 0) is 18.2 Å². The smallest absolute Gasteiger partial charge is 0.254 e. The monoisotopic (exact) mass is 280 g/mol. The molecule has 0 radical (unpaired) electrons. The standard InChI is InChI=1S/C14H20N2O2S/c1-9-7-16(8-10(2)19-9)14(17)11-4-5-12(15)13(6-11)18-3/h4-6,9-10H,7-8,15H2,1-3H3. The molecule has 1 aliphatic heterocycles. The van der Waals surface area contributed by atoms with Crippen molar-refractivity contribution < 1.29 is 9.53 Å². The Hall–Kier alpha value is -1.36. The Kier molecular flexibility index (Phi) is 4.24. The summed E-state index contributed by atoms with van der Waals surface area (Å²) in [6.45, 7) is 5.90. The first-order valence-corrected chi connectivity index (χ1v) is 7.33. The molecule has 0 spiro atoms. The summed E-state index contributed by atoms with van der Waals surface area (Å²) in [5.41, 5.74) is 6.96. The Labute approximate surface area is 118 Å². The Morgan fingerprint density at radius 3 is 2.58 bits per heavy atom. The van der Waals surface area contributed by atoms with E-state index in [1.54, 1.807) is 25.3 Å². The molecule has 5 heteroatoms. The van der Waals surface area contributed by atoms with E-state index in [1.807, 2.05) is 16.7 Å². The highest BCUT2D eigenvalue weighted by Gasteiger charge is 2.26. The van der Waals surface area contributed by atoms with Gasteiger partial charge in [0.15, 0.2) is 0 Å². The van der Waals surface area contributed by atoms with Crippen LogP contribution < -0.4 is 10.5 Å². The number of amides is 1. The first-order chi connectivity index (χ1) is 9.01. The molecule has 4 nitrogen and oxygen atoms in total. The van der Waals surface area contributed by atoms with Gasteiger partial charge < -0.3 is 15.4 Å². The van der Waals surface area contributed by atoms with Gasteiger partial charge >= 0.3 is 0 Å². The molecular weight excluding hydrogens is 260 g/mol. The van der Waals surface area contributed by atoms with E-state index in [2.05, 4.69) is 13.8 Å². The van der Waals surface area contributed by atoms with Gasteiger partial charge in [-0.15, -0.1) is 0 Å². The van der Waals surface area contributed by atoms with Crippen LogP contribution in [0, 0.1) is 0 Å². The third-order valence-corrected chi connectivity index (χ3v) is 4.41. The number of methoxy groups -OCH3 is 1. The number of nitrogens with two attached hydrogens (primary N) is 1. The van der Waals surface area contributed by atoms with Gasteiger partial charge in [-0.3, -0.25) is 4.79 Å². The van der Waals surface area contributed by atoms with Crippen LogP contribution in [0.1, 0.15) is 24.2 Å². The van der Waals surface area contributed by atoms with Crippen molar-refractivity contribution in [2.24, 2.45) is 0 Å². The van der Waals surface area contributed by atoms with E-state index in [0.29, 0.717) is 27.5 Å². The van der Waals surface area contributed by atoms with E-state index in [9.17, 15) is 4.79 Å². The molecule has 1 fully saturated rings. The van der Waals surface area contributed by atoms with E-state index in [-0.39, 0.29) is 5.91 Å². The molecule has 0 aromatic heterocycles.